The second-order valence-corrected chi connectivity index (χ2v) is 3.86. The van der Waals surface area contributed by atoms with Crippen molar-refractivity contribution in [1.82, 2.24) is 9.38 Å². The quantitative estimate of drug-likeness (QED) is 0.534. The van der Waals surface area contributed by atoms with Crippen molar-refractivity contribution >= 4 is 17.3 Å². The molecule has 0 fully saturated rings. The minimum Gasteiger partial charge on any atom is -0.399 e. The van der Waals surface area contributed by atoms with Crippen LogP contribution in [-0.4, -0.2) is 19.2 Å². The van der Waals surface area contributed by atoms with Crippen LogP contribution in [0.5, 0.6) is 0 Å². The molecule has 0 aliphatic carbocycles. The van der Waals surface area contributed by atoms with Crippen LogP contribution in [0.15, 0.2) is 40.9 Å². The number of imidazole rings is 1. The van der Waals surface area contributed by atoms with Crippen LogP contribution in [0.3, 0.4) is 0 Å². The van der Waals surface area contributed by atoms with Crippen LogP contribution in [0.2, 0.25) is 0 Å². The fourth-order valence-corrected chi connectivity index (χ4v) is 1.88. The van der Waals surface area contributed by atoms with E-state index < -0.39 is 15.7 Å². The normalized spacial score (nSPS) is 10.8. The average molecular weight is 274 g/mol. The molecule has 9 nitrogen and oxygen atoms in total. The Morgan fingerprint density at radius 3 is 2.55 bits per heavy atom. The molecule has 3 aromatic heterocycles. The van der Waals surface area contributed by atoms with Gasteiger partial charge >= 0.3 is 11.7 Å². The molecule has 0 N–H and O–H groups in total. The molecule has 0 amide bonds. The molecule has 0 spiro atoms. The van der Waals surface area contributed by atoms with Crippen LogP contribution in [0.25, 0.3) is 17.1 Å². The standard InChI is InChI=1S/C11H6N4O5/c16-14(17)9-5-4-7(20-9)10-11(15(18)19)13-6-2-1-3-8(13)12-10/h1-6H. The molecular formula is C11H6N4O5. The van der Waals surface area contributed by atoms with E-state index in [1.807, 2.05) is 0 Å². The highest BCUT2D eigenvalue weighted by atomic mass is 16.6. The van der Waals surface area contributed by atoms with E-state index in [-0.39, 0.29) is 17.3 Å². The van der Waals surface area contributed by atoms with Crippen LogP contribution in [0.4, 0.5) is 11.7 Å². The first-order chi connectivity index (χ1) is 9.58. The Bertz CT molecular complexity index is 834. The van der Waals surface area contributed by atoms with Gasteiger partial charge in [-0.3, -0.25) is 10.1 Å². The summed E-state index contributed by atoms with van der Waals surface area (Å²) in [6.45, 7) is 0. The summed E-state index contributed by atoms with van der Waals surface area (Å²) in [6.07, 6.45) is 1.49. The molecule has 0 radical (unpaired) electrons. The van der Waals surface area contributed by atoms with E-state index in [1.165, 1.54) is 16.7 Å². The van der Waals surface area contributed by atoms with Crippen LogP contribution in [0.1, 0.15) is 0 Å². The van der Waals surface area contributed by atoms with Gasteiger partial charge in [-0.15, -0.1) is 0 Å². The van der Waals surface area contributed by atoms with E-state index in [0.29, 0.717) is 5.65 Å². The van der Waals surface area contributed by atoms with E-state index >= 15 is 0 Å². The Balaban J connectivity index is 2.26. The molecule has 20 heavy (non-hydrogen) atoms. The summed E-state index contributed by atoms with van der Waals surface area (Å²) >= 11 is 0. The molecule has 0 aliphatic heterocycles. The number of nitro groups is 2. The van der Waals surface area contributed by atoms with Gasteiger partial charge in [-0.2, -0.15) is 9.38 Å². The van der Waals surface area contributed by atoms with Gasteiger partial charge in [-0.1, -0.05) is 6.07 Å². The lowest BCUT2D eigenvalue weighted by Gasteiger charge is -1.94. The molecule has 0 saturated carbocycles. The largest absolute Gasteiger partial charge is 0.433 e. The number of furan rings is 1. The molecular weight excluding hydrogens is 268 g/mol. The highest BCUT2D eigenvalue weighted by Gasteiger charge is 2.27. The van der Waals surface area contributed by atoms with Crippen molar-refractivity contribution in [1.29, 1.82) is 0 Å². The Kier molecular flexibility index (Phi) is 2.46. The molecule has 100 valence electrons. The smallest absolute Gasteiger partial charge is 0.399 e. The second-order valence-electron chi connectivity index (χ2n) is 3.86. The maximum atomic E-state index is 11.2. The SMILES string of the molecule is O=[N+]([O-])c1ccc(-c2nc3ccccn3c2[N+](=O)[O-])o1. The fraction of sp³-hybridized carbons (Fsp3) is 0. The lowest BCUT2D eigenvalue weighted by molar-refractivity contribution is -0.402. The van der Waals surface area contributed by atoms with Gasteiger partial charge in [0.05, 0.1) is 12.3 Å². The molecule has 3 heterocycles. The molecule has 0 saturated heterocycles. The van der Waals surface area contributed by atoms with Gasteiger partial charge < -0.3 is 14.5 Å². The van der Waals surface area contributed by atoms with E-state index in [1.54, 1.807) is 18.2 Å². The second kappa shape index (κ2) is 4.16. The predicted octanol–water partition coefficient (Wildman–Crippen LogP) is 2.41. The number of aromatic nitrogens is 2. The Morgan fingerprint density at radius 2 is 1.90 bits per heavy atom. The first-order valence-electron chi connectivity index (χ1n) is 5.44. The van der Waals surface area contributed by atoms with Crippen molar-refractivity contribution < 1.29 is 14.3 Å². The Morgan fingerprint density at radius 1 is 1.10 bits per heavy atom. The van der Waals surface area contributed by atoms with E-state index in [0.717, 1.165) is 6.07 Å². The molecule has 0 atom stereocenters. The summed E-state index contributed by atoms with van der Waals surface area (Å²) in [6, 6.07) is 7.31. The molecule has 3 rings (SSSR count). The summed E-state index contributed by atoms with van der Waals surface area (Å²) in [4.78, 5) is 24.5. The van der Waals surface area contributed by atoms with Gasteiger partial charge in [0.15, 0.2) is 5.76 Å². The third-order valence-corrected chi connectivity index (χ3v) is 2.68. The summed E-state index contributed by atoms with van der Waals surface area (Å²) in [5, 5.41) is 21.8. The maximum Gasteiger partial charge on any atom is 0.433 e. The van der Waals surface area contributed by atoms with E-state index in [4.69, 9.17) is 4.42 Å². The van der Waals surface area contributed by atoms with E-state index in [2.05, 4.69) is 4.98 Å². The van der Waals surface area contributed by atoms with Crippen molar-refractivity contribution in [2.24, 2.45) is 0 Å². The third kappa shape index (κ3) is 1.68. The zero-order chi connectivity index (χ0) is 14.3. The minimum absolute atomic E-state index is 0.0212. The number of hydrogen-bond donors (Lipinski definition) is 0. The number of hydrogen-bond acceptors (Lipinski definition) is 6. The monoisotopic (exact) mass is 274 g/mol. The maximum absolute atomic E-state index is 11.2. The summed E-state index contributed by atoms with van der Waals surface area (Å²) in [7, 11) is 0. The van der Waals surface area contributed by atoms with Gasteiger partial charge in [0.1, 0.15) is 4.92 Å². The number of fused-ring (bicyclic) bond motifs is 1. The lowest BCUT2D eigenvalue weighted by atomic mass is 10.3. The summed E-state index contributed by atoms with van der Waals surface area (Å²) < 4.78 is 6.25. The molecule has 3 aromatic rings. The predicted molar refractivity (Wildman–Crippen MR) is 66.2 cm³/mol. The molecule has 0 bridgehead atoms. The van der Waals surface area contributed by atoms with Crippen molar-refractivity contribution in [2.75, 3.05) is 0 Å². The zero-order valence-electron chi connectivity index (χ0n) is 9.79. The third-order valence-electron chi connectivity index (χ3n) is 2.68. The van der Waals surface area contributed by atoms with Crippen molar-refractivity contribution in [3.8, 4) is 11.5 Å². The van der Waals surface area contributed by atoms with Gasteiger partial charge in [-0.05, 0) is 17.1 Å². The number of nitrogens with zero attached hydrogens (tertiary/aromatic N) is 4. The Labute approximate surface area is 110 Å². The number of rotatable bonds is 3. The molecule has 0 aliphatic rings. The van der Waals surface area contributed by atoms with Crippen LogP contribution in [0, 0.1) is 20.2 Å². The van der Waals surface area contributed by atoms with Gasteiger partial charge in [0.25, 0.3) is 0 Å². The zero-order valence-corrected chi connectivity index (χ0v) is 9.79. The van der Waals surface area contributed by atoms with E-state index in [9.17, 15) is 20.2 Å². The van der Waals surface area contributed by atoms with Crippen LogP contribution < -0.4 is 0 Å². The number of pyridine rings is 1. The van der Waals surface area contributed by atoms with Crippen molar-refractivity contribution in [2.45, 2.75) is 0 Å². The average Bonchev–Trinajstić information content (AvgIpc) is 3.02. The topological polar surface area (TPSA) is 117 Å². The summed E-state index contributed by atoms with van der Waals surface area (Å²) in [5.74, 6) is -0.816. The fourth-order valence-electron chi connectivity index (χ4n) is 1.88. The molecule has 0 unspecified atom stereocenters. The van der Waals surface area contributed by atoms with Crippen molar-refractivity contribution in [3.05, 3.63) is 56.8 Å². The first kappa shape index (κ1) is 11.8. The van der Waals surface area contributed by atoms with Gasteiger partial charge in [-0.25, -0.2) is 0 Å². The highest BCUT2D eigenvalue weighted by molar-refractivity contribution is 5.69. The summed E-state index contributed by atoms with van der Waals surface area (Å²) in [5.41, 5.74) is 0.308. The van der Waals surface area contributed by atoms with Crippen LogP contribution in [-0.2, 0) is 0 Å². The van der Waals surface area contributed by atoms with Crippen molar-refractivity contribution in [3.63, 3.8) is 0 Å². The first-order valence-corrected chi connectivity index (χ1v) is 5.44. The Hall–Kier alpha value is -3.23. The molecule has 0 aromatic carbocycles. The lowest BCUT2D eigenvalue weighted by Crippen LogP contribution is -1.94. The highest BCUT2D eigenvalue weighted by Crippen LogP contribution is 2.33. The minimum atomic E-state index is -0.717. The van der Waals surface area contributed by atoms with Gasteiger partial charge in [0, 0.05) is 6.07 Å². The molecule has 9 heteroatoms. The van der Waals surface area contributed by atoms with Crippen LogP contribution >= 0.6 is 0 Å². The van der Waals surface area contributed by atoms with Gasteiger partial charge in [0.2, 0.25) is 11.3 Å².